The number of rotatable bonds is 8. The second-order valence-corrected chi connectivity index (χ2v) is 9.52. The molecule has 1 heterocycles. The minimum Gasteiger partial charge on any atom is -0.378 e. The fraction of sp³-hybridized carbons (Fsp3) is 0.286. The maximum absolute atomic E-state index is 12.5. The highest BCUT2D eigenvalue weighted by Crippen LogP contribution is 2.25. The van der Waals surface area contributed by atoms with Crippen molar-refractivity contribution in [1.82, 2.24) is 5.32 Å². The smallest absolute Gasteiger partial charge is 0.339 e. The normalized spacial score (nSPS) is 18.1. The van der Waals surface area contributed by atoms with E-state index in [-0.39, 0.29) is 21.8 Å². The molecule has 0 aromatic heterocycles. The molecule has 7 nitrogen and oxygen atoms in total. The van der Waals surface area contributed by atoms with Crippen LogP contribution in [0.1, 0.15) is 37.3 Å². The van der Waals surface area contributed by atoms with Gasteiger partial charge in [0.25, 0.3) is 0 Å². The van der Waals surface area contributed by atoms with E-state index in [4.69, 9.17) is 4.18 Å². The third-order valence-electron chi connectivity index (χ3n) is 4.34. The van der Waals surface area contributed by atoms with Crippen LogP contribution in [0.2, 0.25) is 0 Å². The van der Waals surface area contributed by atoms with Crippen LogP contribution in [0.4, 0.5) is 0 Å². The highest BCUT2D eigenvalue weighted by molar-refractivity contribution is 8.15. The number of aryl methyl sites for hydroxylation is 1. The van der Waals surface area contributed by atoms with E-state index in [2.05, 4.69) is 22.4 Å². The van der Waals surface area contributed by atoms with Crippen LogP contribution in [0, 0.1) is 6.92 Å². The zero-order chi connectivity index (χ0) is 21.6. The first-order chi connectivity index (χ1) is 14.4. The van der Waals surface area contributed by atoms with Crippen molar-refractivity contribution in [1.29, 1.82) is 0 Å². The van der Waals surface area contributed by atoms with Crippen molar-refractivity contribution in [3.8, 4) is 5.75 Å². The molecule has 1 atom stereocenters. The molecular weight excluding hydrogens is 422 g/mol. The summed E-state index contributed by atoms with van der Waals surface area (Å²) in [5.41, 5.74) is 1.38. The number of carbonyl (C=O) groups excluding carboxylic acids is 1. The summed E-state index contributed by atoms with van der Waals surface area (Å²) in [7, 11) is -3.97. The molecule has 9 heteroatoms. The van der Waals surface area contributed by atoms with Crippen LogP contribution in [0.3, 0.4) is 0 Å². The Bertz CT molecular complexity index is 1070. The largest absolute Gasteiger partial charge is 0.378 e. The lowest BCUT2D eigenvalue weighted by Crippen LogP contribution is -2.24. The Morgan fingerprint density at radius 1 is 1.20 bits per heavy atom. The van der Waals surface area contributed by atoms with Crippen molar-refractivity contribution in [2.45, 2.75) is 43.3 Å². The number of hydrogen-bond donors (Lipinski definition) is 1. The minimum absolute atomic E-state index is 0.0593. The average molecular weight is 446 g/mol. The number of hydrogen-bond acceptors (Lipinski definition) is 7. The van der Waals surface area contributed by atoms with E-state index >= 15 is 0 Å². The number of thioether (sulfide) groups is 1. The molecule has 1 fully saturated rings. The van der Waals surface area contributed by atoms with Gasteiger partial charge in [0.15, 0.2) is 10.9 Å². The van der Waals surface area contributed by atoms with Crippen molar-refractivity contribution in [2.75, 3.05) is 0 Å². The summed E-state index contributed by atoms with van der Waals surface area (Å²) in [5.74, 6) is 0.0910. The van der Waals surface area contributed by atoms with Crippen molar-refractivity contribution < 1.29 is 17.4 Å². The lowest BCUT2D eigenvalue weighted by molar-refractivity contribution is -0.118. The minimum atomic E-state index is -3.97. The average Bonchev–Trinajstić information content (AvgIpc) is 3.08. The molecule has 2 aromatic carbocycles. The fourth-order valence-electron chi connectivity index (χ4n) is 2.77. The van der Waals surface area contributed by atoms with Gasteiger partial charge < -0.3 is 9.50 Å². The monoisotopic (exact) mass is 445 g/mol. The van der Waals surface area contributed by atoms with Crippen LogP contribution in [0.25, 0.3) is 0 Å². The standard InChI is InChI=1S/C21H23N3O4S2/c1-3-4-10-19-20(25)23-21(29-19)24-22-14-16-13-15(2)11-12-18(16)28-30(26,27)17-8-6-5-7-9-17/h5-9,11-14,19H,3-4,10H2,1-2H3,(H,23,24,25)/b22-14+. The number of benzene rings is 2. The molecule has 0 aliphatic carbocycles. The van der Waals surface area contributed by atoms with Gasteiger partial charge >= 0.3 is 10.1 Å². The molecule has 0 bridgehead atoms. The van der Waals surface area contributed by atoms with Gasteiger partial charge in [0.05, 0.1) is 11.5 Å². The molecule has 0 saturated carbocycles. The molecule has 1 amide bonds. The highest BCUT2D eigenvalue weighted by Gasteiger charge is 2.29. The van der Waals surface area contributed by atoms with Crippen LogP contribution in [-0.4, -0.2) is 31.0 Å². The van der Waals surface area contributed by atoms with Gasteiger partial charge in [0, 0.05) is 5.56 Å². The van der Waals surface area contributed by atoms with Gasteiger partial charge in [0.2, 0.25) is 5.91 Å². The van der Waals surface area contributed by atoms with E-state index in [9.17, 15) is 13.2 Å². The van der Waals surface area contributed by atoms with Crippen LogP contribution >= 0.6 is 11.8 Å². The fourth-order valence-corrected chi connectivity index (χ4v) is 4.72. The van der Waals surface area contributed by atoms with Crippen LogP contribution in [-0.2, 0) is 14.9 Å². The predicted octanol–water partition coefficient (Wildman–Crippen LogP) is 3.87. The number of nitrogens with zero attached hydrogens (tertiary/aromatic N) is 2. The van der Waals surface area contributed by atoms with E-state index < -0.39 is 10.1 Å². The van der Waals surface area contributed by atoms with Crippen LogP contribution in [0.15, 0.2) is 63.6 Å². The molecule has 0 radical (unpaired) electrons. The van der Waals surface area contributed by atoms with Gasteiger partial charge in [-0.3, -0.25) is 4.79 Å². The van der Waals surface area contributed by atoms with Gasteiger partial charge in [0.1, 0.15) is 4.90 Å². The summed E-state index contributed by atoms with van der Waals surface area (Å²) in [6.45, 7) is 3.96. The third-order valence-corrected chi connectivity index (χ3v) is 6.73. The van der Waals surface area contributed by atoms with E-state index in [0.717, 1.165) is 24.8 Å². The Kier molecular flexibility index (Phi) is 7.28. The Labute approximate surface area is 180 Å². The van der Waals surface area contributed by atoms with Gasteiger partial charge in [-0.1, -0.05) is 61.4 Å². The molecule has 2 aromatic rings. The molecule has 1 unspecified atom stereocenters. The first-order valence-electron chi connectivity index (χ1n) is 9.58. The Morgan fingerprint density at radius 3 is 2.70 bits per heavy atom. The molecular formula is C21H23N3O4S2. The highest BCUT2D eigenvalue weighted by atomic mass is 32.2. The first kappa shape index (κ1) is 22.0. The quantitative estimate of drug-likeness (QED) is 0.378. The lowest BCUT2D eigenvalue weighted by Gasteiger charge is -2.09. The van der Waals surface area contributed by atoms with Gasteiger partial charge in [-0.15, -0.1) is 5.10 Å². The van der Waals surface area contributed by atoms with Crippen LogP contribution in [0.5, 0.6) is 5.75 Å². The number of amides is 1. The molecule has 1 N–H and O–H groups in total. The summed E-state index contributed by atoms with van der Waals surface area (Å²) in [6.07, 6.45) is 4.21. The second kappa shape index (κ2) is 9.90. The summed E-state index contributed by atoms with van der Waals surface area (Å²) in [5, 5.41) is 11.1. The van der Waals surface area contributed by atoms with Crippen molar-refractivity contribution >= 4 is 39.2 Å². The Hall–Kier alpha value is -2.65. The molecule has 1 saturated heterocycles. The number of carbonyl (C=O) groups is 1. The van der Waals surface area contributed by atoms with E-state index in [1.54, 1.807) is 36.4 Å². The number of amidine groups is 1. The molecule has 0 spiro atoms. The van der Waals surface area contributed by atoms with Crippen molar-refractivity contribution in [3.05, 3.63) is 59.7 Å². The zero-order valence-electron chi connectivity index (χ0n) is 16.7. The third kappa shape index (κ3) is 5.70. The molecule has 1 aliphatic heterocycles. The van der Waals surface area contributed by atoms with Gasteiger partial charge in [-0.25, -0.2) is 0 Å². The van der Waals surface area contributed by atoms with Crippen molar-refractivity contribution in [3.63, 3.8) is 0 Å². The Balaban J connectivity index is 1.77. The van der Waals surface area contributed by atoms with E-state index in [1.807, 2.05) is 6.92 Å². The maximum Gasteiger partial charge on any atom is 0.339 e. The molecule has 30 heavy (non-hydrogen) atoms. The van der Waals surface area contributed by atoms with E-state index in [0.29, 0.717) is 10.7 Å². The number of unbranched alkanes of at least 4 members (excludes halogenated alkanes) is 1. The molecule has 3 rings (SSSR count). The summed E-state index contributed by atoms with van der Waals surface area (Å²) < 4.78 is 30.4. The van der Waals surface area contributed by atoms with Gasteiger partial charge in [-0.05, 0) is 37.6 Å². The summed E-state index contributed by atoms with van der Waals surface area (Å²) in [6, 6.07) is 13.0. The topological polar surface area (TPSA) is 97.2 Å². The lowest BCUT2D eigenvalue weighted by atomic mass is 10.1. The Morgan fingerprint density at radius 2 is 1.97 bits per heavy atom. The SMILES string of the molecule is CCCCC1S/C(=N/N=C/c2cc(C)ccc2OS(=O)(=O)c2ccccc2)NC1=O. The first-order valence-corrected chi connectivity index (χ1v) is 11.9. The van der Waals surface area contributed by atoms with Crippen LogP contribution < -0.4 is 9.50 Å². The van der Waals surface area contributed by atoms with Crippen molar-refractivity contribution in [2.24, 2.45) is 10.2 Å². The second-order valence-electron chi connectivity index (χ2n) is 6.78. The predicted molar refractivity (Wildman–Crippen MR) is 120 cm³/mol. The maximum atomic E-state index is 12.5. The summed E-state index contributed by atoms with van der Waals surface area (Å²) in [4.78, 5) is 12.0. The molecule has 158 valence electrons. The van der Waals surface area contributed by atoms with E-state index in [1.165, 1.54) is 30.1 Å². The summed E-state index contributed by atoms with van der Waals surface area (Å²) >= 11 is 1.36. The number of nitrogens with one attached hydrogen (secondary N) is 1. The molecule has 1 aliphatic rings. The van der Waals surface area contributed by atoms with Gasteiger partial charge in [-0.2, -0.15) is 13.5 Å². The zero-order valence-corrected chi connectivity index (χ0v) is 18.4.